The topological polar surface area (TPSA) is 47.3 Å². The Hall–Kier alpha value is -0.480. The maximum atomic E-state index is 6.06. The van der Waals surface area contributed by atoms with Gasteiger partial charge in [-0.2, -0.15) is 0 Å². The molecule has 0 aliphatic heterocycles. The third-order valence-corrected chi connectivity index (χ3v) is 2.68. The van der Waals surface area contributed by atoms with Crippen molar-refractivity contribution in [2.45, 2.75) is 6.42 Å². The molecule has 3 nitrogen and oxygen atoms in total. The second-order valence-corrected chi connectivity index (χ2v) is 3.85. The largest absolute Gasteiger partial charge is 0.495 e. The molecule has 0 aliphatic rings. The van der Waals surface area contributed by atoms with E-state index in [0.29, 0.717) is 22.5 Å². The lowest BCUT2D eigenvalue weighted by Gasteiger charge is -2.09. The minimum atomic E-state index is 0.460. The molecular weight excluding hydrogens is 235 g/mol. The van der Waals surface area contributed by atoms with Gasteiger partial charge in [0.15, 0.2) is 0 Å². The average molecular weight is 249 g/mol. The van der Waals surface area contributed by atoms with Gasteiger partial charge in [0.25, 0.3) is 0 Å². The molecule has 3 N–H and O–H groups in total. The van der Waals surface area contributed by atoms with Gasteiger partial charge in [0.05, 0.1) is 12.1 Å². The van der Waals surface area contributed by atoms with Gasteiger partial charge in [-0.3, -0.25) is 0 Å². The summed E-state index contributed by atoms with van der Waals surface area (Å²) in [4.78, 5) is 0. The third kappa shape index (κ3) is 3.54. The molecule has 1 aromatic carbocycles. The van der Waals surface area contributed by atoms with E-state index in [9.17, 15) is 0 Å². The molecule has 0 fully saturated rings. The van der Waals surface area contributed by atoms with Crippen LogP contribution in [0, 0.1) is 0 Å². The third-order valence-electron chi connectivity index (χ3n) is 2.04. The lowest BCUT2D eigenvalue weighted by molar-refractivity contribution is 0.415. The Labute approximate surface area is 99.5 Å². The zero-order valence-electron chi connectivity index (χ0n) is 8.52. The van der Waals surface area contributed by atoms with Crippen LogP contribution in [0.25, 0.3) is 0 Å². The number of ether oxygens (including phenoxy) is 1. The summed E-state index contributed by atoms with van der Waals surface area (Å²) in [7, 11) is 1.56. The van der Waals surface area contributed by atoms with Crippen LogP contribution in [-0.2, 0) is 6.42 Å². The van der Waals surface area contributed by atoms with E-state index in [1.807, 2.05) is 6.07 Å². The van der Waals surface area contributed by atoms with E-state index in [2.05, 4.69) is 5.32 Å². The SMILES string of the molecule is COc1cc(Cl)c(CCNCN)cc1Cl. The van der Waals surface area contributed by atoms with E-state index in [4.69, 9.17) is 33.7 Å². The fraction of sp³-hybridized carbons (Fsp3) is 0.400. The van der Waals surface area contributed by atoms with Crippen LogP contribution < -0.4 is 15.8 Å². The van der Waals surface area contributed by atoms with Gasteiger partial charge in [-0.15, -0.1) is 0 Å². The van der Waals surface area contributed by atoms with Crippen molar-refractivity contribution in [2.75, 3.05) is 20.3 Å². The van der Waals surface area contributed by atoms with Crippen molar-refractivity contribution in [3.8, 4) is 5.75 Å². The predicted octanol–water partition coefficient (Wildman–Crippen LogP) is 2.05. The predicted molar refractivity (Wildman–Crippen MR) is 63.8 cm³/mol. The first-order valence-corrected chi connectivity index (χ1v) is 5.37. The van der Waals surface area contributed by atoms with Gasteiger partial charge in [0.2, 0.25) is 0 Å². The number of hydrogen-bond donors (Lipinski definition) is 2. The van der Waals surface area contributed by atoms with E-state index in [1.165, 1.54) is 0 Å². The van der Waals surface area contributed by atoms with E-state index in [1.54, 1.807) is 13.2 Å². The molecule has 0 unspecified atom stereocenters. The van der Waals surface area contributed by atoms with Crippen molar-refractivity contribution in [3.05, 3.63) is 27.7 Å². The molecule has 0 saturated heterocycles. The number of methoxy groups -OCH3 is 1. The van der Waals surface area contributed by atoms with Gasteiger partial charge < -0.3 is 15.8 Å². The number of benzene rings is 1. The Balaban J connectivity index is 2.76. The molecule has 5 heteroatoms. The van der Waals surface area contributed by atoms with Gasteiger partial charge in [-0.1, -0.05) is 23.2 Å². The molecule has 84 valence electrons. The summed E-state index contributed by atoms with van der Waals surface area (Å²) in [6, 6.07) is 3.54. The summed E-state index contributed by atoms with van der Waals surface area (Å²) < 4.78 is 5.05. The van der Waals surface area contributed by atoms with Crippen LogP contribution >= 0.6 is 23.2 Å². The Kier molecular flexibility index (Phi) is 5.19. The maximum absolute atomic E-state index is 6.06. The van der Waals surface area contributed by atoms with Gasteiger partial charge in [0.1, 0.15) is 5.75 Å². The normalized spacial score (nSPS) is 10.4. The summed E-state index contributed by atoms with van der Waals surface area (Å²) in [6.45, 7) is 1.24. The molecule has 0 radical (unpaired) electrons. The number of halogens is 2. The molecular formula is C10H14Cl2N2O. The standard InChI is InChI=1S/C10H14Cl2N2O/c1-15-10-5-8(11)7(4-9(10)12)2-3-14-6-13/h4-5,14H,2-3,6,13H2,1H3. The highest BCUT2D eigenvalue weighted by Gasteiger charge is 2.07. The molecule has 0 aliphatic carbocycles. The monoisotopic (exact) mass is 248 g/mol. The van der Waals surface area contributed by atoms with Crippen LogP contribution in [0.5, 0.6) is 5.75 Å². The van der Waals surface area contributed by atoms with E-state index in [-0.39, 0.29) is 0 Å². The van der Waals surface area contributed by atoms with Crippen LogP contribution in [-0.4, -0.2) is 20.3 Å². The minimum Gasteiger partial charge on any atom is -0.495 e. The van der Waals surface area contributed by atoms with Gasteiger partial charge in [-0.05, 0) is 18.1 Å². The number of nitrogens with two attached hydrogens (primary N) is 1. The number of rotatable bonds is 5. The summed E-state index contributed by atoms with van der Waals surface area (Å²) in [5.74, 6) is 0.595. The Morgan fingerprint density at radius 2 is 2.07 bits per heavy atom. The fourth-order valence-electron chi connectivity index (χ4n) is 1.24. The lowest BCUT2D eigenvalue weighted by atomic mass is 10.1. The summed E-state index contributed by atoms with van der Waals surface area (Å²) in [5.41, 5.74) is 6.31. The first-order valence-electron chi connectivity index (χ1n) is 4.61. The molecule has 1 rings (SSSR count). The Morgan fingerprint density at radius 1 is 1.33 bits per heavy atom. The van der Waals surface area contributed by atoms with Crippen molar-refractivity contribution < 1.29 is 4.74 Å². The smallest absolute Gasteiger partial charge is 0.138 e. The summed E-state index contributed by atoms with van der Waals surface area (Å²) in [5, 5.41) is 4.25. The summed E-state index contributed by atoms with van der Waals surface area (Å²) >= 11 is 12.0. The second-order valence-electron chi connectivity index (χ2n) is 3.03. The van der Waals surface area contributed by atoms with Crippen LogP contribution in [0.2, 0.25) is 10.0 Å². The molecule has 0 saturated carbocycles. The van der Waals surface area contributed by atoms with Crippen molar-refractivity contribution in [2.24, 2.45) is 5.73 Å². The second kappa shape index (κ2) is 6.18. The zero-order valence-corrected chi connectivity index (χ0v) is 10.0. The molecule has 0 aromatic heterocycles. The Bertz CT molecular complexity index is 331. The molecule has 0 amide bonds. The van der Waals surface area contributed by atoms with Crippen LogP contribution in [0.4, 0.5) is 0 Å². The highest BCUT2D eigenvalue weighted by molar-refractivity contribution is 6.34. The molecule has 0 bridgehead atoms. The van der Waals surface area contributed by atoms with Crippen molar-refractivity contribution in [1.29, 1.82) is 0 Å². The van der Waals surface area contributed by atoms with Crippen LogP contribution in [0.3, 0.4) is 0 Å². The van der Waals surface area contributed by atoms with E-state index < -0.39 is 0 Å². The van der Waals surface area contributed by atoms with Gasteiger partial charge >= 0.3 is 0 Å². The fourth-order valence-corrected chi connectivity index (χ4v) is 1.75. The first-order chi connectivity index (χ1) is 7.19. The van der Waals surface area contributed by atoms with Crippen LogP contribution in [0.1, 0.15) is 5.56 Å². The summed E-state index contributed by atoms with van der Waals surface area (Å²) in [6.07, 6.45) is 0.791. The molecule has 1 aromatic rings. The number of nitrogens with one attached hydrogen (secondary N) is 1. The van der Waals surface area contributed by atoms with E-state index >= 15 is 0 Å². The molecule has 0 atom stereocenters. The van der Waals surface area contributed by atoms with Crippen molar-refractivity contribution in [1.82, 2.24) is 5.32 Å². The van der Waals surface area contributed by atoms with Gasteiger partial charge in [-0.25, -0.2) is 0 Å². The number of hydrogen-bond acceptors (Lipinski definition) is 3. The molecule has 0 spiro atoms. The highest BCUT2D eigenvalue weighted by Crippen LogP contribution is 2.30. The quantitative estimate of drug-likeness (QED) is 0.620. The average Bonchev–Trinajstić information content (AvgIpc) is 2.23. The highest BCUT2D eigenvalue weighted by atomic mass is 35.5. The van der Waals surface area contributed by atoms with Gasteiger partial charge in [0, 0.05) is 24.3 Å². The van der Waals surface area contributed by atoms with E-state index in [0.717, 1.165) is 18.5 Å². The lowest BCUT2D eigenvalue weighted by Crippen LogP contribution is -2.24. The molecule has 0 heterocycles. The maximum Gasteiger partial charge on any atom is 0.138 e. The van der Waals surface area contributed by atoms with Crippen LogP contribution in [0.15, 0.2) is 12.1 Å². The van der Waals surface area contributed by atoms with Crippen molar-refractivity contribution in [3.63, 3.8) is 0 Å². The van der Waals surface area contributed by atoms with Crippen molar-refractivity contribution >= 4 is 23.2 Å². The minimum absolute atomic E-state index is 0.460. The molecule has 15 heavy (non-hydrogen) atoms. The first kappa shape index (κ1) is 12.6. The zero-order chi connectivity index (χ0) is 11.3. The Morgan fingerprint density at radius 3 is 2.67 bits per heavy atom.